The summed E-state index contributed by atoms with van der Waals surface area (Å²) < 4.78 is 5.46. The molecule has 0 amide bonds. The number of aromatic nitrogens is 3. The fraction of sp³-hybridized carbons (Fsp3) is 0.500. The highest BCUT2D eigenvalue weighted by atomic mass is 32.2. The highest BCUT2D eigenvalue weighted by Crippen LogP contribution is 2.22. The number of nitrogens with one attached hydrogen (secondary N) is 1. The molecule has 0 aliphatic heterocycles. The van der Waals surface area contributed by atoms with Gasteiger partial charge in [-0.3, -0.25) is 0 Å². The Morgan fingerprint density at radius 3 is 2.90 bits per heavy atom. The molecule has 5 nitrogen and oxygen atoms in total. The maximum Gasteiger partial charge on any atom is 0.187 e. The maximum atomic E-state index is 5.46. The smallest absolute Gasteiger partial charge is 0.187 e. The molecule has 2 heterocycles. The highest BCUT2D eigenvalue weighted by Gasteiger charge is 2.07. The van der Waals surface area contributed by atoms with Gasteiger partial charge in [0, 0.05) is 30.4 Å². The molecule has 0 saturated heterocycles. The molecule has 2 aromatic rings. The third-order valence-corrected chi connectivity index (χ3v) is 3.30. The second-order valence-electron chi connectivity index (χ2n) is 4.45. The largest absolute Gasteiger partial charge is 0.380 e. The average molecular weight is 292 g/mol. The molecule has 0 aliphatic rings. The minimum atomic E-state index is 0.672. The van der Waals surface area contributed by atoms with Gasteiger partial charge in [0.05, 0.1) is 6.61 Å². The topological polar surface area (TPSA) is 59.9 Å². The van der Waals surface area contributed by atoms with Crippen LogP contribution < -0.4 is 5.32 Å². The number of nitrogens with zero attached hydrogens (tertiary/aromatic N) is 3. The van der Waals surface area contributed by atoms with Crippen molar-refractivity contribution >= 4 is 28.5 Å². The first kappa shape index (κ1) is 15.0. The van der Waals surface area contributed by atoms with Crippen LogP contribution in [0, 0.1) is 6.92 Å². The lowest BCUT2D eigenvalue weighted by molar-refractivity contribution is 0.144. The van der Waals surface area contributed by atoms with E-state index in [1.165, 1.54) is 11.8 Å². The number of hydrogen-bond acceptors (Lipinski definition) is 6. The molecule has 1 N–H and O–H groups in total. The van der Waals surface area contributed by atoms with Crippen LogP contribution >= 0.6 is 11.8 Å². The highest BCUT2D eigenvalue weighted by molar-refractivity contribution is 7.98. The third-order valence-electron chi connectivity index (χ3n) is 2.74. The predicted molar refractivity (Wildman–Crippen MR) is 83.5 cm³/mol. The van der Waals surface area contributed by atoms with Crippen molar-refractivity contribution in [2.24, 2.45) is 0 Å². The van der Waals surface area contributed by atoms with Crippen molar-refractivity contribution in [3.05, 3.63) is 18.0 Å². The summed E-state index contributed by atoms with van der Waals surface area (Å²) in [7, 11) is 0. The van der Waals surface area contributed by atoms with Gasteiger partial charge in [-0.2, -0.15) is 0 Å². The first-order valence-corrected chi connectivity index (χ1v) is 7.97. The zero-order chi connectivity index (χ0) is 14.4. The molecule has 0 bridgehead atoms. The van der Waals surface area contributed by atoms with Gasteiger partial charge >= 0.3 is 0 Å². The number of anilines is 1. The van der Waals surface area contributed by atoms with Crippen LogP contribution in [0.1, 0.15) is 19.0 Å². The van der Waals surface area contributed by atoms with Crippen LogP contribution in [-0.4, -0.2) is 41.0 Å². The molecule has 0 radical (unpaired) electrons. The number of pyridine rings is 1. The standard InChI is InChI=1S/C14H20N4OS/c1-4-6-19-7-5-15-13-12-11(8-10(2)17-13)9-16-14(18-12)20-3/h8-9H,4-7H2,1-3H3,(H,15,17). The van der Waals surface area contributed by atoms with Gasteiger partial charge in [0.25, 0.3) is 0 Å². The number of aryl methyl sites for hydroxylation is 1. The van der Waals surface area contributed by atoms with E-state index in [9.17, 15) is 0 Å². The number of thioether (sulfide) groups is 1. The minimum absolute atomic E-state index is 0.672. The van der Waals surface area contributed by atoms with Gasteiger partial charge in [-0.25, -0.2) is 15.0 Å². The van der Waals surface area contributed by atoms with Crippen molar-refractivity contribution < 1.29 is 4.74 Å². The van der Waals surface area contributed by atoms with E-state index >= 15 is 0 Å². The summed E-state index contributed by atoms with van der Waals surface area (Å²) in [6.07, 6.45) is 4.85. The van der Waals surface area contributed by atoms with E-state index < -0.39 is 0 Å². The van der Waals surface area contributed by atoms with Crippen LogP contribution in [0.25, 0.3) is 10.9 Å². The zero-order valence-corrected chi connectivity index (χ0v) is 13.0. The van der Waals surface area contributed by atoms with Crippen LogP contribution in [0.15, 0.2) is 17.4 Å². The van der Waals surface area contributed by atoms with Crippen molar-refractivity contribution in [2.75, 3.05) is 31.3 Å². The Kier molecular flexibility index (Phi) is 5.55. The second kappa shape index (κ2) is 7.40. The van der Waals surface area contributed by atoms with Crippen molar-refractivity contribution in [2.45, 2.75) is 25.4 Å². The lowest BCUT2D eigenvalue weighted by atomic mass is 10.2. The van der Waals surface area contributed by atoms with Gasteiger partial charge in [0.1, 0.15) is 5.52 Å². The van der Waals surface area contributed by atoms with E-state index in [0.29, 0.717) is 6.61 Å². The summed E-state index contributed by atoms with van der Waals surface area (Å²) in [4.78, 5) is 13.4. The van der Waals surface area contributed by atoms with E-state index in [-0.39, 0.29) is 0 Å². The van der Waals surface area contributed by atoms with Crippen molar-refractivity contribution in [3.8, 4) is 0 Å². The molecule has 0 spiro atoms. The van der Waals surface area contributed by atoms with Crippen LogP contribution in [0.4, 0.5) is 5.82 Å². The molecule has 6 heteroatoms. The Labute approximate surface area is 123 Å². The van der Waals surface area contributed by atoms with Gasteiger partial charge in [-0.05, 0) is 25.7 Å². The van der Waals surface area contributed by atoms with Gasteiger partial charge in [0.15, 0.2) is 11.0 Å². The van der Waals surface area contributed by atoms with Gasteiger partial charge < -0.3 is 10.1 Å². The van der Waals surface area contributed by atoms with E-state index in [1.807, 2.05) is 25.4 Å². The van der Waals surface area contributed by atoms with E-state index in [2.05, 4.69) is 27.2 Å². The van der Waals surface area contributed by atoms with Crippen LogP contribution in [0.5, 0.6) is 0 Å². The summed E-state index contributed by atoms with van der Waals surface area (Å²) >= 11 is 1.53. The first-order chi connectivity index (χ1) is 9.74. The molecule has 0 aromatic carbocycles. The summed E-state index contributed by atoms with van der Waals surface area (Å²) in [5.41, 5.74) is 1.82. The monoisotopic (exact) mass is 292 g/mol. The Balaban J connectivity index is 2.17. The molecule has 0 aliphatic carbocycles. The van der Waals surface area contributed by atoms with E-state index in [0.717, 1.165) is 47.1 Å². The maximum absolute atomic E-state index is 5.46. The summed E-state index contributed by atoms with van der Waals surface area (Å²) in [5.74, 6) is 0.804. The van der Waals surface area contributed by atoms with E-state index in [4.69, 9.17) is 4.74 Å². The van der Waals surface area contributed by atoms with Crippen molar-refractivity contribution in [1.29, 1.82) is 0 Å². The number of fused-ring (bicyclic) bond motifs is 1. The molecule has 0 fully saturated rings. The Morgan fingerprint density at radius 2 is 2.15 bits per heavy atom. The molecule has 2 aromatic heterocycles. The third kappa shape index (κ3) is 3.80. The molecule has 108 valence electrons. The average Bonchev–Trinajstić information content (AvgIpc) is 2.46. The fourth-order valence-electron chi connectivity index (χ4n) is 1.87. The van der Waals surface area contributed by atoms with Gasteiger partial charge in [0.2, 0.25) is 0 Å². The molecular weight excluding hydrogens is 272 g/mol. The van der Waals surface area contributed by atoms with Crippen LogP contribution in [-0.2, 0) is 4.74 Å². The van der Waals surface area contributed by atoms with Crippen LogP contribution in [0.3, 0.4) is 0 Å². The Hall–Kier alpha value is -1.40. The van der Waals surface area contributed by atoms with Crippen LogP contribution in [0.2, 0.25) is 0 Å². The second-order valence-corrected chi connectivity index (χ2v) is 5.22. The Bertz CT molecular complexity index is 576. The Morgan fingerprint density at radius 1 is 1.30 bits per heavy atom. The molecule has 0 saturated carbocycles. The summed E-state index contributed by atoms with van der Waals surface area (Å²) in [6.45, 7) is 6.27. The van der Waals surface area contributed by atoms with E-state index in [1.54, 1.807) is 0 Å². The molecule has 0 unspecified atom stereocenters. The summed E-state index contributed by atoms with van der Waals surface area (Å²) in [5, 5.41) is 5.07. The first-order valence-electron chi connectivity index (χ1n) is 6.74. The van der Waals surface area contributed by atoms with Crippen molar-refractivity contribution in [3.63, 3.8) is 0 Å². The molecular formula is C14H20N4OS. The minimum Gasteiger partial charge on any atom is -0.380 e. The zero-order valence-electron chi connectivity index (χ0n) is 12.1. The number of ether oxygens (including phenoxy) is 1. The van der Waals surface area contributed by atoms with Gasteiger partial charge in [-0.15, -0.1) is 0 Å². The number of rotatable bonds is 7. The SMILES string of the molecule is CCCOCCNc1nc(C)cc2cnc(SC)nc12. The quantitative estimate of drug-likeness (QED) is 0.481. The van der Waals surface area contributed by atoms with Crippen molar-refractivity contribution in [1.82, 2.24) is 15.0 Å². The van der Waals surface area contributed by atoms with Gasteiger partial charge in [-0.1, -0.05) is 18.7 Å². The lowest BCUT2D eigenvalue weighted by Crippen LogP contribution is -2.12. The normalized spacial score (nSPS) is 10.9. The number of hydrogen-bond donors (Lipinski definition) is 1. The predicted octanol–water partition coefficient (Wildman–Crippen LogP) is 2.89. The molecule has 20 heavy (non-hydrogen) atoms. The lowest BCUT2D eigenvalue weighted by Gasteiger charge is -2.10. The molecule has 0 atom stereocenters. The molecule has 2 rings (SSSR count). The fourth-order valence-corrected chi connectivity index (χ4v) is 2.21. The summed E-state index contributed by atoms with van der Waals surface area (Å²) in [6, 6.07) is 2.00.